The Balaban J connectivity index is 2.10. The number of rotatable bonds is 4. The van der Waals surface area contributed by atoms with Crippen LogP contribution in [0.25, 0.3) is 0 Å². The fourth-order valence-electron chi connectivity index (χ4n) is 2.87. The molecule has 0 spiro atoms. The van der Waals surface area contributed by atoms with E-state index < -0.39 is 0 Å². The van der Waals surface area contributed by atoms with Crippen LogP contribution in [0.3, 0.4) is 0 Å². The highest BCUT2D eigenvalue weighted by Gasteiger charge is 2.17. The average molecular weight is 247 g/mol. The summed E-state index contributed by atoms with van der Waals surface area (Å²) in [6, 6.07) is 2.17. The number of anilines is 1. The first-order valence-electron chi connectivity index (χ1n) is 7.17. The van der Waals surface area contributed by atoms with E-state index in [1.54, 1.807) is 0 Å². The third kappa shape index (κ3) is 3.22. The molecule has 100 valence electrons. The molecule has 3 nitrogen and oxygen atoms in total. The zero-order valence-electron chi connectivity index (χ0n) is 11.7. The Morgan fingerprint density at radius 3 is 3.06 bits per heavy atom. The van der Waals surface area contributed by atoms with Gasteiger partial charge in [0.25, 0.3) is 0 Å². The van der Waals surface area contributed by atoms with Crippen LogP contribution in [0.1, 0.15) is 38.2 Å². The molecule has 1 aromatic heterocycles. The molecule has 2 heterocycles. The number of aromatic nitrogens is 1. The second kappa shape index (κ2) is 6.74. The van der Waals surface area contributed by atoms with Crippen molar-refractivity contribution in [2.75, 3.05) is 25.0 Å². The fraction of sp³-hybridized carbons (Fsp3) is 0.667. The molecule has 2 rings (SSSR count). The first-order chi connectivity index (χ1) is 8.85. The molecular formula is C15H25N3. The van der Waals surface area contributed by atoms with Gasteiger partial charge in [-0.25, -0.2) is 0 Å². The minimum atomic E-state index is 0.900. The van der Waals surface area contributed by atoms with Gasteiger partial charge in [-0.3, -0.25) is 4.98 Å². The van der Waals surface area contributed by atoms with Gasteiger partial charge in [0, 0.05) is 43.3 Å². The number of hydrogen-bond donors (Lipinski definition) is 1. The molecule has 1 aromatic rings. The summed E-state index contributed by atoms with van der Waals surface area (Å²) in [5.74, 6) is 0.921. The molecule has 0 radical (unpaired) electrons. The highest BCUT2D eigenvalue weighted by atomic mass is 15.1. The molecule has 1 aliphatic rings. The van der Waals surface area contributed by atoms with Gasteiger partial charge >= 0.3 is 0 Å². The average Bonchev–Trinajstić information content (AvgIpc) is 2.65. The summed E-state index contributed by atoms with van der Waals surface area (Å²) >= 11 is 0. The standard InChI is InChI=1S/C15H25N3/c1-3-13-5-4-9-18(10-7-13)15-6-8-17-12-14(15)11-16-2/h6,8,12-13,16H,3-5,7,9-11H2,1-2H3. The Labute approximate surface area is 111 Å². The van der Waals surface area contributed by atoms with Gasteiger partial charge in [0.1, 0.15) is 0 Å². The van der Waals surface area contributed by atoms with Crippen LogP contribution in [0, 0.1) is 5.92 Å². The zero-order valence-corrected chi connectivity index (χ0v) is 11.7. The van der Waals surface area contributed by atoms with Crippen molar-refractivity contribution in [3.8, 4) is 0 Å². The summed E-state index contributed by atoms with van der Waals surface area (Å²) in [5, 5.41) is 3.23. The summed E-state index contributed by atoms with van der Waals surface area (Å²) < 4.78 is 0. The summed E-state index contributed by atoms with van der Waals surface area (Å²) in [5.41, 5.74) is 2.69. The molecule has 0 bridgehead atoms. The van der Waals surface area contributed by atoms with Crippen LogP contribution in [-0.2, 0) is 6.54 Å². The number of nitrogens with zero attached hydrogens (tertiary/aromatic N) is 2. The van der Waals surface area contributed by atoms with Crippen LogP contribution in [0.4, 0.5) is 5.69 Å². The molecule has 0 aliphatic carbocycles. The summed E-state index contributed by atoms with van der Waals surface area (Å²) in [6.07, 6.45) is 9.27. The highest BCUT2D eigenvalue weighted by Crippen LogP contribution is 2.26. The maximum Gasteiger partial charge on any atom is 0.0442 e. The molecule has 0 amide bonds. The molecule has 1 fully saturated rings. The van der Waals surface area contributed by atoms with E-state index in [0.717, 1.165) is 12.5 Å². The van der Waals surface area contributed by atoms with E-state index in [9.17, 15) is 0 Å². The molecule has 0 aromatic carbocycles. The predicted octanol–water partition coefficient (Wildman–Crippen LogP) is 2.82. The van der Waals surface area contributed by atoms with E-state index in [4.69, 9.17) is 0 Å². The highest BCUT2D eigenvalue weighted by molar-refractivity contribution is 5.52. The van der Waals surface area contributed by atoms with Crippen LogP contribution in [0.15, 0.2) is 18.5 Å². The van der Waals surface area contributed by atoms with Crippen molar-refractivity contribution in [2.45, 2.75) is 39.2 Å². The maximum absolute atomic E-state index is 4.25. The molecule has 1 unspecified atom stereocenters. The first-order valence-corrected chi connectivity index (χ1v) is 7.17. The topological polar surface area (TPSA) is 28.2 Å². The van der Waals surface area contributed by atoms with Gasteiger partial charge in [-0.05, 0) is 38.3 Å². The van der Waals surface area contributed by atoms with Crippen molar-refractivity contribution >= 4 is 5.69 Å². The van der Waals surface area contributed by atoms with Crippen molar-refractivity contribution in [1.82, 2.24) is 10.3 Å². The van der Waals surface area contributed by atoms with E-state index in [0.29, 0.717) is 0 Å². The van der Waals surface area contributed by atoms with Crippen LogP contribution in [0.2, 0.25) is 0 Å². The lowest BCUT2D eigenvalue weighted by atomic mass is 9.98. The quantitative estimate of drug-likeness (QED) is 0.887. The van der Waals surface area contributed by atoms with Crippen molar-refractivity contribution < 1.29 is 0 Å². The normalized spacial score (nSPS) is 20.8. The Bertz CT molecular complexity index is 365. The van der Waals surface area contributed by atoms with E-state index >= 15 is 0 Å². The summed E-state index contributed by atoms with van der Waals surface area (Å²) in [4.78, 5) is 6.79. The molecule has 1 saturated heterocycles. The molecule has 1 aliphatic heterocycles. The molecular weight excluding hydrogens is 222 g/mol. The van der Waals surface area contributed by atoms with Gasteiger partial charge in [-0.1, -0.05) is 13.3 Å². The van der Waals surface area contributed by atoms with Crippen molar-refractivity contribution in [3.05, 3.63) is 24.0 Å². The lowest BCUT2D eigenvalue weighted by molar-refractivity contribution is 0.459. The summed E-state index contributed by atoms with van der Waals surface area (Å²) in [6.45, 7) is 5.60. The number of nitrogens with one attached hydrogen (secondary N) is 1. The number of hydrogen-bond acceptors (Lipinski definition) is 3. The monoisotopic (exact) mass is 247 g/mol. The molecule has 3 heteroatoms. The Kier molecular flexibility index (Phi) is 5.00. The van der Waals surface area contributed by atoms with E-state index in [2.05, 4.69) is 28.2 Å². The van der Waals surface area contributed by atoms with Gasteiger partial charge in [0.15, 0.2) is 0 Å². The minimum Gasteiger partial charge on any atom is -0.371 e. The Morgan fingerprint density at radius 2 is 2.28 bits per heavy atom. The summed E-state index contributed by atoms with van der Waals surface area (Å²) in [7, 11) is 1.99. The maximum atomic E-state index is 4.25. The van der Waals surface area contributed by atoms with Crippen LogP contribution >= 0.6 is 0 Å². The third-order valence-corrected chi connectivity index (χ3v) is 4.01. The minimum absolute atomic E-state index is 0.900. The number of pyridine rings is 1. The van der Waals surface area contributed by atoms with Crippen LogP contribution in [0.5, 0.6) is 0 Å². The second-order valence-corrected chi connectivity index (χ2v) is 5.23. The molecule has 0 saturated carbocycles. The van der Waals surface area contributed by atoms with E-state index in [1.807, 2.05) is 19.4 Å². The second-order valence-electron chi connectivity index (χ2n) is 5.23. The lowest BCUT2D eigenvalue weighted by Gasteiger charge is -2.25. The predicted molar refractivity (Wildman–Crippen MR) is 76.8 cm³/mol. The van der Waals surface area contributed by atoms with Crippen molar-refractivity contribution in [2.24, 2.45) is 5.92 Å². The molecule has 1 atom stereocenters. The SMILES string of the molecule is CCC1CCCN(c2ccncc2CNC)CC1. The van der Waals surface area contributed by atoms with Gasteiger partial charge in [0.05, 0.1) is 0 Å². The molecule has 1 N–H and O–H groups in total. The van der Waals surface area contributed by atoms with Crippen molar-refractivity contribution in [3.63, 3.8) is 0 Å². The van der Waals surface area contributed by atoms with Crippen molar-refractivity contribution in [1.29, 1.82) is 0 Å². The smallest absolute Gasteiger partial charge is 0.0442 e. The zero-order chi connectivity index (χ0) is 12.8. The molecule has 18 heavy (non-hydrogen) atoms. The largest absolute Gasteiger partial charge is 0.371 e. The van der Waals surface area contributed by atoms with Gasteiger partial charge in [0.2, 0.25) is 0 Å². The van der Waals surface area contributed by atoms with Gasteiger partial charge in [-0.15, -0.1) is 0 Å². The van der Waals surface area contributed by atoms with Gasteiger partial charge < -0.3 is 10.2 Å². The lowest BCUT2D eigenvalue weighted by Crippen LogP contribution is -2.26. The van der Waals surface area contributed by atoms with Crippen LogP contribution in [-0.4, -0.2) is 25.1 Å². The van der Waals surface area contributed by atoms with E-state index in [1.165, 1.54) is 50.0 Å². The van der Waals surface area contributed by atoms with Crippen LogP contribution < -0.4 is 10.2 Å². The third-order valence-electron chi connectivity index (χ3n) is 4.01. The Hall–Kier alpha value is -1.09. The van der Waals surface area contributed by atoms with E-state index in [-0.39, 0.29) is 0 Å². The first kappa shape index (κ1) is 13.3. The Morgan fingerprint density at radius 1 is 1.39 bits per heavy atom. The fourth-order valence-corrected chi connectivity index (χ4v) is 2.87. The van der Waals surface area contributed by atoms with Gasteiger partial charge in [-0.2, -0.15) is 0 Å².